The van der Waals surface area contributed by atoms with Crippen LogP contribution in [0.3, 0.4) is 0 Å². The Morgan fingerprint density at radius 1 is 1.32 bits per heavy atom. The minimum Gasteiger partial charge on any atom is -0.388 e. The van der Waals surface area contributed by atoms with Crippen LogP contribution in [0.2, 0.25) is 0 Å². The van der Waals surface area contributed by atoms with E-state index >= 15 is 0 Å². The summed E-state index contributed by atoms with van der Waals surface area (Å²) in [6, 6.07) is 8.23. The van der Waals surface area contributed by atoms with Gasteiger partial charge in [0.15, 0.2) is 0 Å². The molecule has 1 unspecified atom stereocenters. The minimum atomic E-state index is -0.635. The average molecular weight is 259 g/mol. The van der Waals surface area contributed by atoms with E-state index < -0.39 is 5.60 Å². The van der Waals surface area contributed by atoms with Crippen molar-refractivity contribution >= 4 is 5.91 Å². The van der Waals surface area contributed by atoms with Crippen LogP contribution in [0, 0.1) is 0 Å². The number of rotatable bonds is 3. The van der Waals surface area contributed by atoms with E-state index in [1.54, 1.807) is 0 Å². The minimum absolute atomic E-state index is 0.0337. The van der Waals surface area contributed by atoms with Crippen molar-refractivity contribution in [1.29, 1.82) is 0 Å². The molecule has 0 radical (unpaired) electrons. The van der Waals surface area contributed by atoms with Gasteiger partial charge in [-0.1, -0.05) is 24.3 Å². The van der Waals surface area contributed by atoms with Crippen LogP contribution < -0.4 is 5.32 Å². The summed E-state index contributed by atoms with van der Waals surface area (Å²) in [5.74, 6) is 0.0427. The smallest absolute Gasteiger partial charge is 0.227 e. The molecule has 2 aliphatic rings. The molecule has 1 aromatic rings. The van der Waals surface area contributed by atoms with Crippen LogP contribution in [0.1, 0.15) is 49.1 Å². The number of aliphatic hydroxyl groups is 1. The number of fused-ring (bicyclic) bond motifs is 1. The summed E-state index contributed by atoms with van der Waals surface area (Å²) in [5.41, 5.74) is 1.84. The van der Waals surface area contributed by atoms with Gasteiger partial charge in [-0.05, 0) is 49.7 Å². The molecule has 1 atom stereocenters. The molecule has 0 heterocycles. The summed E-state index contributed by atoms with van der Waals surface area (Å²) < 4.78 is 0. The first-order valence-electron chi connectivity index (χ1n) is 7.26. The summed E-state index contributed by atoms with van der Waals surface area (Å²) in [6.07, 6.45) is 5.76. The number of hydrogen-bond acceptors (Lipinski definition) is 2. The maximum atomic E-state index is 12.3. The van der Waals surface area contributed by atoms with Gasteiger partial charge in [-0.25, -0.2) is 0 Å². The number of carbonyl (C=O) groups is 1. The Labute approximate surface area is 114 Å². The lowest BCUT2D eigenvalue weighted by molar-refractivity contribution is -0.125. The second-order valence-electron chi connectivity index (χ2n) is 5.94. The fourth-order valence-electron chi connectivity index (χ4n) is 3.16. The Morgan fingerprint density at radius 3 is 2.84 bits per heavy atom. The van der Waals surface area contributed by atoms with E-state index in [2.05, 4.69) is 17.4 Å². The lowest BCUT2D eigenvalue weighted by Gasteiger charge is -2.37. The van der Waals surface area contributed by atoms with E-state index in [1.807, 2.05) is 12.1 Å². The number of carbonyl (C=O) groups excluding carboxylic acids is 1. The maximum Gasteiger partial charge on any atom is 0.227 e. The summed E-state index contributed by atoms with van der Waals surface area (Å²) >= 11 is 0. The highest BCUT2D eigenvalue weighted by Crippen LogP contribution is 2.33. The fraction of sp³-hybridized carbons (Fsp3) is 0.562. The van der Waals surface area contributed by atoms with Gasteiger partial charge in [0, 0.05) is 6.54 Å². The van der Waals surface area contributed by atoms with Crippen LogP contribution >= 0.6 is 0 Å². The lowest BCUT2D eigenvalue weighted by Crippen LogP contribution is -2.48. The number of amides is 1. The lowest BCUT2D eigenvalue weighted by atomic mass is 9.79. The van der Waals surface area contributed by atoms with Gasteiger partial charge in [-0.2, -0.15) is 0 Å². The van der Waals surface area contributed by atoms with Crippen molar-refractivity contribution in [1.82, 2.24) is 5.32 Å². The SMILES string of the molecule is O=C(NCC1(O)CCC1)C1CCCc2ccccc21. The third-order valence-electron chi connectivity index (χ3n) is 4.56. The Kier molecular flexibility index (Phi) is 3.31. The van der Waals surface area contributed by atoms with Crippen LogP contribution in [-0.2, 0) is 11.2 Å². The van der Waals surface area contributed by atoms with E-state index in [9.17, 15) is 9.90 Å². The quantitative estimate of drug-likeness (QED) is 0.873. The van der Waals surface area contributed by atoms with Crippen LogP contribution in [0.15, 0.2) is 24.3 Å². The number of nitrogens with one attached hydrogen (secondary N) is 1. The predicted molar refractivity (Wildman–Crippen MR) is 73.9 cm³/mol. The summed E-state index contributed by atoms with van der Waals surface area (Å²) in [7, 11) is 0. The molecular weight excluding hydrogens is 238 g/mol. The predicted octanol–water partition coefficient (Wildman–Crippen LogP) is 2.14. The molecule has 19 heavy (non-hydrogen) atoms. The van der Waals surface area contributed by atoms with Gasteiger partial charge in [-0.15, -0.1) is 0 Å². The molecule has 1 fully saturated rings. The van der Waals surface area contributed by atoms with Crippen LogP contribution in [0.5, 0.6) is 0 Å². The zero-order valence-electron chi connectivity index (χ0n) is 11.2. The monoisotopic (exact) mass is 259 g/mol. The highest BCUT2D eigenvalue weighted by atomic mass is 16.3. The van der Waals surface area contributed by atoms with Crippen molar-refractivity contribution in [3.05, 3.63) is 35.4 Å². The first-order valence-corrected chi connectivity index (χ1v) is 7.26. The average Bonchev–Trinajstić information content (AvgIpc) is 2.42. The Balaban J connectivity index is 1.67. The van der Waals surface area contributed by atoms with Crippen molar-refractivity contribution in [2.45, 2.75) is 50.0 Å². The normalized spacial score (nSPS) is 24.2. The molecule has 0 aliphatic heterocycles. The van der Waals surface area contributed by atoms with E-state index in [-0.39, 0.29) is 11.8 Å². The molecule has 102 valence electrons. The zero-order valence-corrected chi connectivity index (χ0v) is 11.2. The molecule has 0 spiro atoms. The topological polar surface area (TPSA) is 49.3 Å². The summed E-state index contributed by atoms with van der Waals surface area (Å²) in [5, 5.41) is 13.0. The van der Waals surface area contributed by atoms with Gasteiger partial charge < -0.3 is 10.4 Å². The van der Waals surface area contributed by atoms with Crippen molar-refractivity contribution in [2.24, 2.45) is 0 Å². The Morgan fingerprint density at radius 2 is 2.11 bits per heavy atom. The second-order valence-corrected chi connectivity index (χ2v) is 5.94. The molecule has 2 N–H and O–H groups in total. The van der Waals surface area contributed by atoms with Gasteiger partial charge in [-0.3, -0.25) is 4.79 Å². The van der Waals surface area contributed by atoms with Crippen molar-refractivity contribution < 1.29 is 9.90 Å². The molecule has 2 aliphatic carbocycles. The Hall–Kier alpha value is -1.35. The standard InChI is InChI=1S/C16H21NO2/c18-15(17-11-16(19)9-4-10-16)14-8-3-6-12-5-1-2-7-13(12)14/h1-2,5,7,14,19H,3-4,6,8-11H2,(H,17,18). The van der Waals surface area contributed by atoms with Crippen LogP contribution in [-0.4, -0.2) is 23.2 Å². The first kappa shape index (κ1) is 12.7. The van der Waals surface area contributed by atoms with E-state index in [1.165, 1.54) is 11.1 Å². The van der Waals surface area contributed by atoms with Gasteiger partial charge in [0.1, 0.15) is 0 Å². The molecule has 3 rings (SSSR count). The first-order chi connectivity index (χ1) is 9.18. The maximum absolute atomic E-state index is 12.3. The van der Waals surface area contributed by atoms with Gasteiger partial charge in [0.25, 0.3) is 0 Å². The van der Waals surface area contributed by atoms with Crippen LogP contribution in [0.25, 0.3) is 0 Å². The van der Waals surface area contributed by atoms with E-state index in [4.69, 9.17) is 0 Å². The zero-order chi connectivity index (χ0) is 13.3. The fourth-order valence-corrected chi connectivity index (χ4v) is 3.16. The molecule has 3 heteroatoms. The second kappa shape index (κ2) is 4.97. The summed E-state index contributed by atoms with van der Waals surface area (Å²) in [4.78, 5) is 12.3. The Bertz CT molecular complexity index is 479. The molecular formula is C16H21NO2. The number of hydrogen-bond donors (Lipinski definition) is 2. The van der Waals surface area contributed by atoms with Crippen LogP contribution in [0.4, 0.5) is 0 Å². The molecule has 1 aromatic carbocycles. The molecule has 0 saturated heterocycles. The molecule has 3 nitrogen and oxygen atoms in total. The molecule has 0 aromatic heterocycles. The molecule has 0 bridgehead atoms. The number of benzene rings is 1. The van der Waals surface area contributed by atoms with Gasteiger partial charge in [0.05, 0.1) is 11.5 Å². The largest absolute Gasteiger partial charge is 0.388 e. The van der Waals surface area contributed by atoms with Gasteiger partial charge in [0.2, 0.25) is 5.91 Å². The third-order valence-corrected chi connectivity index (χ3v) is 4.56. The molecule has 1 saturated carbocycles. The summed E-state index contributed by atoms with van der Waals surface area (Å²) in [6.45, 7) is 0.407. The highest BCUT2D eigenvalue weighted by Gasteiger charge is 2.35. The highest BCUT2D eigenvalue weighted by molar-refractivity contribution is 5.84. The van der Waals surface area contributed by atoms with Gasteiger partial charge >= 0.3 is 0 Å². The van der Waals surface area contributed by atoms with E-state index in [0.29, 0.717) is 6.54 Å². The van der Waals surface area contributed by atoms with Crippen molar-refractivity contribution in [3.8, 4) is 0 Å². The van der Waals surface area contributed by atoms with Crippen molar-refractivity contribution in [3.63, 3.8) is 0 Å². The molecule has 1 amide bonds. The number of aryl methyl sites for hydroxylation is 1. The third kappa shape index (κ3) is 2.52. The van der Waals surface area contributed by atoms with Crippen molar-refractivity contribution in [2.75, 3.05) is 6.54 Å². The van der Waals surface area contributed by atoms with E-state index in [0.717, 1.165) is 38.5 Å².